The molecule has 1 aliphatic rings. The number of carbonyl (C=O) groups is 2. The van der Waals surface area contributed by atoms with E-state index >= 15 is 0 Å². The zero-order valence-electron chi connectivity index (χ0n) is 12.8. The van der Waals surface area contributed by atoms with Crippen LogP contribution >= 0.6 is 23.2 Å². The van der Waals surface area contributed by atoms with Crippen molar-refractivity contribution in [1.29, 1.82) is 0 Å². The molecule has 6 heteroatoms. The van der Waals surface area contributed by atoms with Crippen LogP contribution in [0.4, 0.5) is 5.69 Å². The van der Waals surface area contributed by atoms with Crippen LogP contribution in [0.25, 0.3) is 0 Å². The Morgan fingerprint density at radius 1 is 1.08 bits per heavy atom. The van der Waals surface area contributed by atoms with Crippen molar-refractivity contribution in [2.24, 2.45) is 0 Å². The van der Waals surface area contributed by atoms with Gasteiger partial charge in [-0.1, -0.05) is 47.5 Å². The summed E-state index contributed by atoms with van der Waals surface area (Å²) in [6, 6.07) is 13.8. The smallest absolute Gasteiger partial charge is 0.251 e. The lowest BCUT2D eigenvalue weighted by atomic mass is 10.1. The van der Waals surface area contributed by atoms with Crippen molar-refractivity contribution in [2.75, 3.05) is 11.4 Å². The van der Waals surface area contributed by atoms with Crippen LogP contribution in [0, 0.1) is 0 Å². The highest BCUT2D eigenvalue weighted by Gasteiger charge is 2.38. The molecule has 0 aromatic heterocycles. The predicted octanol–water partition coefficient (Wildman–Crippen LogP) is 3.46. The number of halogens is 2. The number of anilines is 1. The lowest BCUT2D eigenvalue weighted by Gasteiger charge is -2.15. The van der Waals surface area contributed by atoms with E-state index in [4.69, 9.17) is 23.2 Å². The molecule has 2 aromatic rings. The molecular formula is C18H16Cl2N2O2. The van der Waals surface area contributed by atoms with Crippen molar-refractivity contribution in [1.82, 2.24) is 5.32 Å². The Labute approximate surface area is 150 Å². The summed E-state index contributed by atoms with van der Waals surface area (Å²) >= 11 is 12.0. The summed E-state index contributed by atoms with van der Waals surface area (Å²) in [5, 5.41) is 4.34. The number of hydrogen-bond donors (Lipinski definition) is 1. The molecule has 2 aromatic carbocycles. The number of para-hydroxylation sites is 1. The Kier molecular flexibility index (Phi) is 5.19. The zero-order valence-corrected chi connectivity index (χ0v) is 14.3. The van der Waals surface area contributed by atoms with E-state index in [0.717, 1.165) is 5.56 Å². The third kappa shape index (κ3) is 3.61. The number of nitrogens with zero attached hydrogens (tertiary/aromatic N) is 1. The van der Waals surface area contributed by atoms with Crippen LogP contribution < -0.4 is 10.2 Å². The molecule has 4 nitrogen and oxygen atoms in total. The molecule has 1 fully saturated rings. The number of hydrogen-bond acceptors (Lipinski definition) is 3. The fourth-order valence-corrected chi connectivity index (χ4v) is 3.25. The number of carbonyl (C=O) groups excluding carboxylic acids is 2. The Morgan fingerprint density at radius 3 is 2.54 bits per heavy atom. The maximum absolute atomic E-state index is 12.5. The van der Waals surface area contributed by atoms with Crippen LogP contribution in [-0.2, 0) is 16.0 Å². The van der Waals surface area contributed by atoms with Gasteiger partial charge >= 0.3 is 0 Å². The first-order valence-electron chi connectivity index (χ1n) is 7.65. The zero-order chi connectivity index (χ0) is 17.1. The average Bonchev–Trinajstić information content (AvgIpc) is 2.84. The normalized spacial score (nSPS) is 17.6. The fourth-order valence-electron chi connectivity index (χ4n) is 2.75. The summed E-state index contributed by atoms with van der Waals surface area (Å²) in [7, 11) is 0. The van der Waals surface area contributed by atoms with E-state index in [1.54, 1.807) is 36.4 Å². The molecule has 1 saturated heterocycles. The standard InChI is InChI=1S/C18H16Cl2N2O2/c19-13-7-6-12(15(20)10-13)8-9-21-16-11-17(23)22(18(16)24)14-4-2-1-3-5-14/h1-7,10,16,21H,8-9,11H2. The first-order valence-corrected chi connectivity index (χ1v) is 8.41. The second-order valence-electron chi connectivity index (χ2n) is 5.60. The lowest BCUT2D eigenvalue weighted by Crippen LogP contribution is -2.39. The number of imide groups is 1. The van der Waals surface area contributed by atoms with Crippen molar-refractivity contribution in [2.45, 2.75) is 18.9 Å². The van der Waals surface area contributed by atoms with Gasteiger partial charge in [0, 0.05) is 10.0 Å². The van der Waals surface area contributed by atoms with Crippen molar-refractivity contribution in [3.8, 4) is 0 Å². The van der Waals surface area contributed by atoms with E-state index in [9.17, 15) is 9.59 Å². The van der Waals surface area contributed by atoms with Crippen molar-refractivity contribution in [3.63, 3.8) is 0 Å². The number of rotatable bonds is 5. The van der Waals surface area contributed by atoms with Crippen LogP contribution in [0.15, 0.2) is 48.5 Å². The molecule has 0 saturated carbocycles. The van der Waals surface area contributed by atoms with E-state index in [1.807, 2.05) is 12.1 Å². The maximum Gasteiger partial charge on any atom is 0.251 e. The van der Waals surface area contributed by atoms with E-state index in [-0.39, 0.29) is 18.2 Å². The van der Waals surface area contributed by atoms with Crippen LogP contribution in [0.3, 0.4) is 0 Å². The van der Waals surface area contributed by atoms with Gasteiger partial charge in [-0.15, -0.1) is 0 Å². The van der Waals surface area contributed by atoms with Gasteiger partial charge in [0.05, 0.1) is 18.2 Å². The van der Waals surface area contributed by atoms with Crippen LogP contribution in [-0.4, -0.2) is 24.4 Å². The molecule has 24 heavy (non-hydrogen) atoms. The van der Waals surface area contributed by atoms with Crippen molar-refractivity contribution < 1.29 is 9.59 Å². The molecule has 0 bridgehead atoms. The van der Waals surface area contributed by atoms with Crippen LogP contribution in [0.1, 0.15) is 12.0 Å². The Balaban J connectivity index is 1.60. The molecule has 0 radical (unpaired) electrons. The minimum Gasteiger partial charge on any atom is -0.305 e. The van der Waals surface area contributed by atoms with Crippen LogP contribution in [0.5, 0.6) is 0 Å². The van der Waals surface area contributed by atoms with Gasteiger partial charge in [-0.3, -0.25) is 9.59 Å². The fraction of sp³-hybridized carbons (Fsp3) is 0.222. The highest BCUT2D eigenvalue weighted by molar-refractivity contribution is 6.35. The van der Waals surface area contributed by atoms with E-state index < -0.39 is 6.04 Å². The summed E-state index contributed by atoms with van der Waals surface area (Å²) in [6.45, 7) is 0.549. The molecule has 2 amide bonds. The summed E-state index contributed by atoms with van der Waals surface area (Å²) in [4.78, 5) is 25.9. The molecule has 1 atom stereocenters. The average molecular weight is 363 g/mol. The van der Waals surface area contributed by atoms with E-state index in [1.165, 1.54) is 4.90 Å². The highest BCUT2D eigenvalue weighted by Crippen LogP contribution is 2.23. The highest BCUT2D eigenvalue weighted by atomic mass is 35.5. The molecular weight excluding hydrogens is 347 g/mol. The number of nitrogens with one attached hydrogen (secondary N) is 1. The van der Waals surface area contributed by atoms with Crippen molar-refractivity contribution in [3.05, 3.63) is 64.1 Å². The Bertz CT molecular complexity index is 765. The lowest BCUT2D eigenvalue weighted by molar-refractivity contribution is -0.121. The van der Waals surface area contributed by atoms with E-state index in [2.05, 4.69) is 5.32 Å². The van der Waals surface area contributed by atoms with Gasteiger partial charge < -0.3 is 5.32 Å². The molecule has 3 rings (SSSR count). The van der Waals surface area contributed by atoms with Gasteiger partial charge in [0.1, 0.15) is 0 Å². The summed E-state index contributed by atoms with van der Waals surface area (Å²) < 4.78 is 0. The second kappa shape index (κ2) is 7.34. The minimum atomic E-state index is -0.496. The molecule has 1 N–H and O–H groups in total. The Hall–Kier alpha value is -1.88. The van der Waals surface area contributed by atoms with E-state index in [0.29, 0.717) is 28.7 Å². The largest absolute Gasteiger partial charge is 0.305 e. The molecule has 1 unspecified atom stereocenters. The Morgan fingerprint density at radius 2 is 1.83 bits per heavy atom. The molecule has 0 aliphatic carbocycles. The summed E-state index contributed by atoms with van der Waals surface area (Å²) in [5.74, 6) is -0.401. The monoisotopic (exact) mass is 362 g/mol. The first-order chi connectivity index (χ1) is 11.6. The second-order valence-corrected chi connectivity index (χ2v) is 6.44. The summed E-state index contributed by atoms with van der Waals surface area (Å²) in [5.41, 5.74) is 1.56. The molecule has 0 spiro atoms. The summed E-state index contributed by atoms with van der Waals surface area (Å²) in [6.07, 6.45) is 0.821. The quantitative estimate of drug-likeness (QED) is 0.828. The SMILES string of the molecule is O=C1CC(NCCc2ccc(Cl)cc2Cl)C(=O)N1c1ccccc1. The minimum absolute atomic E-state index is 0.169. The predicted molar refractivity (Wildman–Crippen MR) is 95.5 cm³/mol. The number of amides is 2. The number of benzene rings is 2. The van der Waals surface area contributed by atoms with Gasteiger partial charge in [0.15, 0.2) is 0 Å². The van der Waals surface area contributed by atoms with Crippen LogP contribution in [0.2, 0.25) is 10.0 Å². The maximum atomic E-state index is 12.5. The molecule has 1 heterocycles. The molecule has 1 aliphatic heterocycles. The van der Waals surface area contributed by atoms with Gasteiger partial charge in [-0.25, -0.2) is 4.90 Å². The van der Waals surface area contributed by atoms with Crippen molar-refractivity contribution >= 4 is 40.7 Å². The van der Waals surface area contributed by atoms with Gasteiger partial charge in [-0.2, -0.15) is 0 Å². The van der Waals surface area contributed by atoms with Gasteiger partial charge in [0.2, 0.25) is 5.91 Å². The first kappa shape index (κ1) is 17.0. The topological polar surface area (TPSA) is 49.4 Å². The van der Waals surface area contributed by atoms with Gasteiger partial charge in [0.25, 0.3) is 5.91 Å². The third-order valence-electron chi connectivity index (χ3n) is 3.96. The van der Waals surface area contributed by atoms with Gasteiger partial charge in [-0.05, 0) is 42.8 Å². The third-order valence-corrected chi connectivity index (χ3v) is 4.55. The molecule has 124 valence electrons.